The van der Waals surface area contributed by atoms with Crippen LogP contribution in [0.4, 0.5) is 0 Å². The Morgan fingerprint density at radius 3 is 1.90 bits per heavy atom. The quantitative estimate of drug-likeness (QED) is 0.455. The number of ether oxygens (including phenoxy) is 1. The maximum Gasteiger partial charge on any atom is 0.119 e. The Morgan fingerprint density at radius 2 is 1.37 bits per heavy atom. The van der Waals surface area contributed by atoms with Gasteiger partial charge in [0.15, 0.2) is 0 Å². The van der Waals surface area contributed by atoms with E-state index in [1.165, 1.54) is 0 Å². The lowest BCUT2D eigenvalue weighted by atomic mass is 9.84. The molecule has 3 nitrogen and oxygen atoms in total. The second-order valence-corrected chi connectivity index (χ2v) is 7.55. The number of allylic oxidation sites excluding steroid dienone is 1. The van der Waals surface area contributed by atoms with Gasteiger partial charge in [-0.1, -0.05) is 72.8 Å². The number of nitrogens with zero attached hydrogens (tertiary/aromatic N) is 2. The van der Waals surface area contributed by atoms with Crippen molar-refractivity contribution in [3.8, 4) is 11.8 Å². The van der Waals surface area contributed by atoms with Crippen molar-refractivity contribution >= 4 is 11.1 Å². The van der Waals surface area contributed by atoms with Crippen LogP contribution in [0.15, 0.2) is 84.9 Å². The van der Waals surface area contributed by atoms with Gasteiger partial charge in [-0.05, 0) is 61.0 Å². The van der Waals surface area contributed by atoms with Crippen molar-refractivity contribution in [1.29, 1.82) is 5.26 Å². The minimum absolute atomic E-state index is 0.251. The molecule has 0 saturated heterocycles. The predicted octanol–water partition coefficient (Wildman–Crippen LogP) is 5.75. The van der Waals surface area contributed by atoms with E-state index < -0.39 is 0 Å². The van der Waals surface area contributed by atoms with Crippen molar-refractivity contribution in [1.82, 2.24) is 4.90 Å². The lowest BCUT2D eigenvalue weighted by Crippen LogP contribution is -2.19. The van der Waals surface area contributed by atoms with E-state index in [2.05, 4.69) is 47.4 Å². The zero-order chi connectivity index (χ0) is 21.3. The van der Waals surface area contributed by atoms with Crippen molar-refractivity contribution < 1.29 is 4.74 Å². The van der Waals surface area contributed by atoms with E-state index >= 15 is 0 Å². The minimum atomic E-state index is -0.251. The summed E-state index contributed by atoms with van der Waals surface area (Å²) >= 11 is 0. The zero-order valence-corrected chi connectivity index (χ0v) is 17.9. The predicted molar refractivity (Wildman–Crippen MR) is 124 cm³/mol. The first-order valence-electron chi connectivity index (χ1n) is 10.2. The van der Waals surface area contributed by atoms with E-state index in [9.17, 15) is 5.26 Å². The molecule has 0 bridgehead atoms. The third-order valence-electron chi connectivity index (χ3n) is 4.99. The average molecular weight is 397 g/mol. The first kappa shape index (κ1) is 21.4. The first-order chi connectivity index (χ1) is 14.6. The molecule has 0 saturated carbocycles. The molecular weight excluding hydrogens is 368 g/mol. The van der Waals surface area contributed by atoms with Crippen LogP contribution in [0.1, 0.15) is 23.6 Å². The standard InChI is InChI=1S/C27H28N2O/c1-21(20-28)26(22-10-6-4-7-11-22)27(23-12-8-5-9-13-23)24-14-16-25(17-15-24)30-19-18-29(2)3/h4-17,21H,18-19H2,1-3H3/b27-26+. The molecule has 0 N–H and O–H groups in total. The largest absolute Gasteiger partial charge is 0.492 e. The third kappa shape index (κ3) is 5.37. The van der Waals surface area contributed by atoms with Crippen LogP contribution in [0.2, 0.25) is 0 Å². The van der Waals surface area contributed by atoms with Gasteiger partial charge in [-0.2, -0.15) is 5.26 Å². The van der Waals surface area contributed by atoms with Crippen LogP contribution < -0.4 is 4.74 Å². The molecule has 0 fully saturated rings. The molecule has 0 amide bonds. The molecule has 3 aromatic rings. The summed E-state index contributed by atoms with van der Waals surface area (Å²) in [5, 5.41) is 9.79. The molecule has 0 aromatic heterocycles. The van der Waals surface area contributed by atoms with Crippen LogP contribution in [0.5, 0.6) is 5.75 Å². The molecule has 3 aromatic carbocycles. The molecular formula is C27H28N2O. The van der Waals surface area contributed by atoms with E-state index in [0.717, 1.165) is 40.1 Å². The van der Waals surface area contributed by atoms with Crippen molar-refractivity contribution in [2.45, 2.75) is 6.92 Å². The van der Waals surface area contributed by atoms with Gasteiger partial charge in [0, 0.05) is 6.54 Å². The summed E-state index contributed by atoms with van der Waals surface area (Å²) in [6, 6.07) is 31.1. The Labute approximate surface area is 179 Å². The summed E-state index contributed by atoms with van der Waals surface area (Å²) in [7, 11) is 4.07. The van der Waals surface area contributed by atoms with Gasteiger partial charge >= 0.3 is 0 Å². The molecule has 0 spiro atoms. The number of hydrogen-bond donors (Lipinski definition) is 0. The molecule has 0 heterocycles. The van der Waals surface area contributed by atoms with E-state index in [4.69, 9.17) is 4.74 Å². The van der Waals surface area contributed by atoms with E-state index in [0.29, 0.717) is 6.61 Å². The molecule has 0 aliphatic rings. The smallest absolute Gasteiger partial charge is 0.119 e. The summed E-state index contributed by atoms with van der Waals surface area (Å²) in [5.74, 6) is 0.598. The highest BCUT2D eigenvalue weighted by molar-refractivity contribution is 5.99. The molecule has 3 heteroatoms. The normalized spacial score (nSPS) is 12.8. The lowest BCUT2D eigenvalue weighted by Gasteiger charge is -2.19. The van der Waals surface area contributed by atoms with E-state index in [1.54, 1.807) is 0 Å². The summed E-state index contributed by atoms with van der Waals surface area (Å²) in [6.45, 7) is 3.48. The van der Waals surface area contributed by atoms with Gasteiger partial charge < -0.3 is 9.64 Å². The molecule has 0 aliphatic heterocycles. The average Bonchev–Trinajstić information content (AvgIpc) is 2.78. The molecule has 1 unspecified atom stereocenters. The number of benzene rings is 3. The fourth-order valence-corrected chi connectivity index (χ4v) is 3.44. The first-order valence-corrected chi connectivity index (χ1v) is 10.2. The monoisotopic (exact) mass is 396 g/mol. The molecule has 1 atom stereocenters. The van der Waals surface area contributed by atoms with Crippen LogP contribution in [0, 0.1) is 17.2 Å². The van der Waals surface area contributed by atoms with Gasteiger partial charge in [0.1, 0.15) is 12.4 Å². The third-order valence-corrected chi connectivity index (χ3v) is 4.99. The Bertz CT molecular complexity index is 1000. The SMILES string of the molecule is CC(C#N)/C(=C(/c1ccccc1)c1ccc(OCCN(C)C)cc1)c1ccccc1. The van der Waals surface area contributed by atoms with Gasteiger partial charge in [0.2, 0.25) is 0 Å². The minimum Gasteiger partial charge on any atom is -0.492 e. The lowest BCUT2D eigenvalue weighted by molar-refractivity contribution is 0.261. The van der Waals surface area contributed by atoms with Gasteiger partial charge in [-0.25, -0.2) is 0 Å². The molecule has 0 radical (unpaired) electrons. The summed E-state index contributed by atoms with van der Waals surface area (Å²) in [6.07, 6.45) is 0. The molecule has 0 aliphatic carbocycles. The molecule has 152 valence electrons. The van der Waals surface area contributed by atoms with Gasteiger partial charge in [-0.3, -0.25) is 0 Å². The highest BCUT2D eigenvalue weighted by Gasteiger charge is 2.19. The van der Waals surface area contributed by atoms with Crippen LogP contribution in [-0.4, -0.2) is 32.1 Å². The summed E-state index contributed by atoms with van der Waals surface area (Å²) < 4.78 is 5.86. The maximum absolute atomic E-state index is 9.79. The van der Waals surface area contributed by atoms with E-state index in [1.807, 2.05) is 69.6 Å². The Hall–Kier alpha value is -3.35. The van der Waals surface area contributed by atoms with Crippen LogP contribution in [-0.2, 0) is 0 Å². The maximum atomic E-state index is 9.79. The number of likely N-dealkylation sites (N-methyl/N-ethyl adjacent to an activating group) is 1. The van der Waals surface area contributed by atoms with Crippen LogP contribution in [0.3, 0.4) is 0 Å². The van der Waals surface area contributed by atoms with Gasteiger partial charge in [0.05, 0.1) is 12.0 Å². The van der Waals surface area contributed by atoms with Crippen molar-refractivity contribution in [2.24, 2.45) is 5.92 Å². The Balaban J connectivity index is 2.09. The highest BCUT2D eigenvalue weighted by Crippen LogP contribution is 2.37. The summed E-state index contributed by atoms with van der Waals surface area (Å²) in [5.41, 5.74) is 5.35. The number of nitriles is 1. The highest BCUT2D eigenvalue weighted by atomic mass is 16.5. The second-order valence-electron chi connectivity index (χ2n) is 7.55. The van der Waals surface area contributed by atoms with Crippen molar-refractivity contribution in [3.05, 3.63) is 102 Å². The fourth-order valence-electron chi connectivity index (χ4n) is 3.44. The fraction of sp³-hybridized carbons (Fsp3) is 0.222. The Kier molecular flexibility index (Phi) is 7.43. The summed E-state index contributed by atoms with van der Waals surface area (Å²) in [4.78, 5) is 2.10. The number of hydrogen-bond acceptors (Lipinski definition) is 3. The van der Waals surface area contributed by atoms with Crippen molar-refractivity contribution in [3.63, 3.8) is 0 Å². The molecule has 3 rings (SSSR count). The van der Waals surface area contributed by atoms with E-state index in [-0.39, 0.29) is 5.92 Å². The van der Waals surface area contributed by atoms with Crippen molar-refractivity contribution in [2.75, 3.05) is 27.2 Å². The second kappa shape index (κ2) is 10.4. The number of rotatable bonds is 8. The van der Waals surface area contributed by atoms with Crippen LogP contribution in [0.25, 0.3) is 11.1 Å². The zero-order valence-electron chi connectivity index (χ0n) is 17.9. The Morgan fingerprint density at radius 1 is 0.833 bits per heavy atom. The van der Waals surface area contributed by atoms with Gasteiger partial charge in [0.25, 0.3) is 0 Å². The van der Waals surface area contributed by atoms with Gasteiger partial charge in [-0.15, -0.1) is 0 Å². The van der Waals surface area contributed by atoms with Crippen LogP contribution >= 0.6 is 0 Å². The molecule has 30 heavy (non-hydrogen) atoms. The topological polar surface area (TPSA) is 36.3 Å².